The van der Waals surface area contributed by atoms with Crippen molar-refractivity contribution in [2.24, 2.45) is 0 Å². The SMILES string of the molecule is O=C(c1nccs1)N1CCOC2(C1)CN(C(=O)C1(F)CC1)CCCO2. The van der Waals surface area contributed by atoms with Gasteiger partial charge < -0.3 is 19.3 Å². The molecule has 136 valence electrons. The zero-order valence-corrected chi connectivity index (χ0v) is 14.6. The molecule has 3 aliphatic rings. The molecule has 0 bridgehead atoms. The van der Waals surface area contributed by atoms with Crippen LogP contribution in [0.5, 0.6) is 0 Å². The van der Waals surface area contributed by atoms with E-state index in [4.69, 9.17) is 9.47 Å². The Labute approximate surface area is 148 Å². The minimum Gasteiger partial charge on any atom is -0.347 e. The van der Waals surface area contributed by atoms with E-state index in [-0.39, 0.29) is 31.8 Å². The number of thiazole rings is 1. The molecule has 1 aromatic rings. The van der Waals surface area contributed by atoms with Gasteiger partial charge in [0.15, 0.2) is 10.7 Å². The van der Waals surface area contributed by atoms with E-state index in [9.17, 15) is 14.0 Å². The molecule has 1 unspecified atom stereocenters. The number of morpholine rings is 1. The second-order valence-electron chi connectivity index (χ2n) is 6.72. The van der Waals surface area contributed by atoms with Crippen LogP contribution < -0.4 is 0 Å². The van der Waals surface area contributed by atoms with Gasteiger partial charge in [0.25, 0.3) is 11.8 Å². The molecule has 9 heteroatoms. The zero-order chi connectivity index (χ0) is 17.5. The largest absolute Gasteiger partial charge is 0.347 e. The van der Waals surface area contributed by atoms with Crippen LogP contribution >= 0.6 is 11.3 Å². The number of hydrogen-bond donors (Lipinski definition) is 0. The molecule has 4 rings (SSSR count). The molecule has 1 atom stereocenters. The molecule has 2 saturated heterocycles. The molecule has 0 N–H and O–H groups in total. The first kappa shape index (κ1) is 16.9. The number of alkyl halides is 1. The second kappa shape index (κ2) is 6.30. The molecule has 0 aromatic carbocycles. The van der Waals surface area contributed by atoms with Crippen LogP contribution in [0, 0.1) is 0 Å². The molecule has 1 spiro atoms. The highest BCUT2D eigenvalue weighted by Gasteiger charge is 2.54. The molecule has 0 radical (unpaired) electrons. The van der Waals surface area contributed by atoms with Crippen molar-refractivity contribution in [3.05, 3.63) is 16.6 Å². The highest BCUT2D eigenvalue weighted by atomic mass is 32.1. The summed E-state index contributed by atoms with van der Waals surface area (Å²) < 4.78 is 26.0. The van der Waals surface area contributed by atoms with Crippen LogP contribution in [0.2, 0.25) is 0 Å². The van der Waals surface area contributed by atoms with Gasteiger partial charge in [-0.05, 0) is 19.3 Å². The molecular formula is C16H20FN3O4S. The Morgan fingerprint density at radius 3 is 2.64 bits per heavy atom. The first-order chi connectivity index (χ1) is 12.0. The first-order valence-corrected chi connectivity index (χ1v) is 9.34. The molecule has 1 aromatic heterocycles. The Bertz CT molecular complexity index is 666. The summed E-state index contributed by atoms with van der Waals surface area (Å²) in [5, 5.41) is 2.17. The van der Waals surface area contributed by atoms with Gasteiger partial charge in [0.2, 0.25) is 5.79 Å². The average molecular weight is 369 g/mol. The number of carbonyl (C=O) groups excluding carboxylic acids is 2. The summed E-state index contributed by atoms with van der Waals surface area (Å²) in [6, 6.07) is 0. The number of aromatic nitrogens is 1. The van der Waals surface area contributed by atoms with Crippen molar-refractivity contribution in [2.45, 2.75) is 30.7 Å². The van der Waals surface area contributed by atoms with Crippen molar-refractivity contribution >= 4 is 23.2 Å². The summed E-state index contributed by atoms with van der Waals surface area (Å²) in [4.78, 5) is 32.2. The van der Waals surface area contributed by atoms with Gasteiger partial charge >= 0.3 is 0 Å². The molecule has 2 aliphatic heterocycles. The Balaban J connectivity index is 1.50. The van der Waals surface area contributed by atoms with Gasteiger partial charge in [0, 0.05) is 24.7 Å². The van der Waals surface area contributed by atoms with Gasteiger partial charge in [-0.1, -0.05) is 0 Å². The highest BCUT2D eigenvalue weighted by Crippen LogP contribution is 2.42. The summed E-state index contributed by atoms with van der Waals surface area (Å²) in [7, 11) is 0. The maximum absolute atomic E-state index is 14.2. The summed E-state index contributed by atoms with van der Waals surface area (Å²) >= 11 is 1.28. The lowest BCUT2D eigenvalue weighted by Gasteiger charge is -2.43. The van der Waals surface area contributed by atoms with E-state index in [1.54, 1.807) is 16.5 Å². The maximum atomic E-state index is 14.2. The minimum atomic E-state index is -1.71. The van der Waals surface area contributed by atoms with Crippen molar-refractivity contribution in [2.75, 3.05) is 39.4 Å². The number of carbonyl (C=O) groups is 2. The van der Waals surface area contributed by atoms with Crippen molar-refractivity contribution in [3.8, 4) is 0 Å². The van der Waals surface area contributed by atoms with Gasteiger partial charge in [-0.15, -0.1) is 11.3 Å². The Morgan fingerprint density at radius 2 is 1.92 bits per heavy atom. The molecule has 3 fully saturated rings. The topological polar surface area (TPSA) is 72.0 Å². The normalized spacial score (nSPS) is 28.7. The molecule has 1 aliphatic carbocycles. The fraction of sp³-hybridized carbons (Fsp3) is 0.688. The first-order valence-electron chi connectivity index (χ1n) is 8.46. The van der Waals surface area contributed by atoms with Crippen molar-refractivity contribution in [3.63, 3.8) is 0 Å². The third-order valence-corrected chi connectivity index (χ3v) is 5.55. The van der Waals surface area contributed by atoms with E-state index in [2.05, 4.69) is 4.98 Å². The Kier molecular flexibility index (Phi) is 4.25. The summed E-state index contributed by atoms with van der Waals surface area (Å²) in [6.45, 7) is 1.93. The molecule has 3 heterocycles. The number of nitrogens with zero attached hydrogens (tertiary/aromatic N) is 3. The fourth-order valence-electron chi connectivity index (χ4n) is 3.29. The van der Waals surface area contributed by atoms with Crippen molar-refractivity contribution in [1.82, 2.24) is 14.8 Å². The van der Waals surface area contributed by atoms with Crippen LogP contribution in [0.3, 0.4) is 0 Å². The lowest BCUT2D eigenvalue weighted by atomic mass is 10.1. The van der Waals surface area contributed by atoms with Gasteiger partial charge in [0.1, 0.15) is 0 Å². The summed E-state index contributed by atoms with van der Waals surface area (Å²) in [5.74, 6) is -1.75. The van der Waals surface area contributed by atoms with E-state index in [1.165, 1.54) is 16.2 Å². The lowest BCUT2D eigenvalue weighted by Crippen LogP contribution is -2.60. The third kappa shape index (κ3) is 3.28. The number of halogens is 1. The number of amides is 2. The number of ether oxygens (including phenoxy) is 2. The molecule has 2 amide bonds. The number of hydrogen-bond acceptors (Lipinski definition) is 6. The van der Waals surface area contributed by atoms with Crippen LogP contribution in [0.4, 0.5) is 4.39 Å². The van der Waals surface area contributed by atoms with Gasteiger partial charge in [-0.2, -0.15) is 0 Å². The van der Waals surface area contributed by atoms with Crippen LogP contribution in [0.15, 0.2) is 11.6 Å². The van der Waals surface area contributed by atoms with Gasteiger partial charge in [-0.25, -0.2) is 9.37 Å². The Morgan fingerprint density at radius 1 is 1.16 bits per heavy atom. The fourth-order valence-corrected chi connectivity index (χ4v) is 3.89. The van der Waals surface area contributed by atoms with Crippen molar-refractivity contribution < 1.29 is 23.5 Å². The molecule has 7 nitrogen and oxygen atoms in total. The van der Waals surface area contributed by atoms with Crippen LogP contribution in [0.1, 0.15) is 29.1 Å². The van der Waals surface area contributed by atoms with Gasteiger partial charge in [-0.3, -0.25) is 9.59 Å². The highest BCUT2D eigenvalue weighted by molar-refractivity contribution is 7.11. The third-order valence-electron chi connectivity index (χ3n) is 4.79. The van der Waals surface area contributed by atoms with Gasteiger partial charge in [0.05, 0.1) is 26.3 Å². The smallest absolute Gasteiger partial charge is 0.283 e. The number of rotatable bonds is 2. The molecule has 25 heavy (non-hydrogen) atoms. The predicted molar refractivity (Wildman–Crippen MR) is 86.9 cm³/mol. The average Bonchev–Trinajstić information content (AvgIpc) is 3.19. The molecular weight excluding hydrogens is 349 g/mol. The zero-order valence-electron chi connectivity index (χ0n) is 13.8. The quantitative estimate of drug-likeness (QED) is 0.780. The lowest BCUT2D eigenvalue weighted by molar-refractivity contribution is -0.260. The van der Waals surface area contributed by atoms with E-state index in [0.29, 0.717) is 37.7 Å². The molecule has 1 saturated carbocycles. The monoisotopic (exact) mass is 369 g/mol. The van der Waals surface area contributed by atoms with E-state index in [0.717, 1.165) is 0 Å². The second-order valence-corrected chi connectivity index (χ2v) is 7.61. The van der Waals surface area contributed by atoms with Crippen LogP contribution in [-0.4, -0.2) is 77.4 Å². The predicted octanol–water partition coefficient (Wildman–Crippen LogP) is 1.06. The maximum Gasteiger partial charge on any atom is 0.283 e. The van der Waals surface area contributed by atoms with E-state index < -0.39 is 17.4 Å². The van der Waals surface area contributed by atoms with Crippen LogP contribution in [0.25, 0.3) is 0 Å². The summed E-state index contributed by atoms with van der Waals surface area (Å²) in [5.41, 5.74) is -1.71. The Hall–Kier alpha value is -1.58. The summed E-state index contributed by atoms with van der Waals surface area (Å²) in [6.07, 6.45) is 2.78. The standard InChI is InChI=1S/C16H20FN3O4S/c17-15(2-3-15)14(22)20-5-1-7-23-16(11-20)10-19(6-8-24-16)13(21)12-18-4-9-25-12/h4,9H,1-3,5-8,10-11H2. The van der Waals surface area contributed by atoms with Crippen molar-refractivity contribution in [1.29, 1.82) is 0 Å². The van der Waals surface area contributed by atoms with E-state index in [1.807, 2.05) is 0 Å². The van der Waals surface area contributed by atoms with Crippen LogP contribution in [-0.2, 0) is 14.3 Å². The van der Waals surface area contributed by atoms with E-state index >= 15 is 0 Å². The minimum absolute atomic E-state index is 0.138.